The molecular formula is C32H27F7. The molecule has 0 fully saturated rings. The minimum Gasteiger partial charge on any atom is -0.207 e. The fourth-order valence-electron chi connectivity index (χ4n) is 4.70. The third-order valence-corrected chi connectivity index (χ3v) is 6.80. The summed E-state index contributed by atoms with van der Waals surface area (Å²) in [7, 11) is 0. The van der Waals surface area contributed by atoms with Gasteiger partial charge in [-0.25, -0.2) is 17.6 Å². The molecule has 4 aromatic rings. The summed E-state index contributed by atoms with van der Waals surface area (Å²) >= 11 is 0. The van der Waals surface area contributed by atoms with E-state index in [0.717, 1.165) is 24.0 Å². The van der Waals surface area contributed by atoms with Crippen molar-refractivity contribution in [2.45, 2.75) is 51.6 Å². The van der Waals surface area contributed by atoms with Gasteiger partial charge in [-0.3, -0.25) is 0 Å². The number of fused-ring (bicyclic) bond motifs is 1. The highest BCUT2D eigenvalue weighted by molar-refractivity contribution is 5.84. The summed E-state index contributed by atoms with van der Waals surface area (Å²) < 4.78 is 95.9. The first-order chi connectivity index (χ1) is 18.6. The first-order valence-corrected chi connectivity index (χ1v) is 12.7. The number of halogens is 7. The third-order valence-electron chi connectivity index (χ3n) is 6.80. The van der Waals surface area contributed by atoms with E-state index >= 15 is 4.39 Å². The van der Waals surface area contributed by atoms with Crippen LogP contribution < -0.4 is 0 Å². The monoisotopic (exact) mass is 544 g/mol. The average Bonchev–Trinajstić information content (AvgIpc) is 2.87. The molecule has 0 saturated heterocycles. The van der Waals surface area contributed by atoms with Crippen LogP contribution in [-0.4, -0.2) is 0 Å². The zero-order valence-electron chi connectivity index (χ0n) is 21.3. The van der Waals surface area contributed by atoms with Gasteiger partial charge >= 0.3 is 6.18 Å². The Balaban J connectivity index is 1.43. The fourth-order valence-corrected chi connectivity index (χ4v) is 4.70. The lowest BCUT2D eigenvalue weighted by atomic mass is 9.96. The van der Waals surface area contributed by atoms with E-state index in [4.69, 9.17) is 0 Å². The Morgan fingerprint density at radius 1 is 0.615 bits per heavy atom. The summed E-state index contributed by atoms with van der Waals surface area (Å²) in [6.07, 6.45) is 1.58. The molecule has 0 aliphatic rings. The lowest BCUT2D eigenvalue weighted by Crippen LogP contribution is -2.12. The molecule has 7 heteroatoms. The van der Waals surface area contributed by atoms with Crippen molar-refractivity contribution >= 4 is 10.8 Å². The zero-order chi connectivity index (χ0) is 28.2. The van der Waals surface area contributed by atoms with Crippen LogP contribution >= 0.6 is 0 Å². The van der Waals surface area contributed by atoms with Gasteiger partial charge in [0.15, 0.2) is 0 Å². The summed E-state index contributed by atoms with van der Waals surface area (Å²) in [5.41, 5.74) is 0.835. The van der Waals surface area contributed by atoms with Gasteiger partial charge in [0, 0.05) is 5.39 Å². The number of allylic oxidation sites excluding steroid dienone is 2. The van der Waals surface area contributed by atoms with Crippen molar-refractivity contribution in [1.82, 2.24) is 0 Å². The first-order valence-electron chi connectivity index (χ1n) is 12.7. The van der Waals surface area contributed by atoms with Crippen LogP contribution in [0.2, 0.25) is 0 Å². The molecule has 0 N–H and O–H groups in total. The van der Waals surface area contributed by atoms with Crippen molar-refractivity contribution in [1.29, 1.82) is 0 Å². The molecule has 0 atom stereocenters. The molecule has 0 unspecified atom stereocenters. The van der Waals surface area contributed by atoms with E-state index in [2.05, 4.69) is 0 Å². The van der Waals surface area contributed by atoms with Crippen molar-refractivity contribution in [3.63, 3.8) is 0 Å². The summed E-state index contributed by atoms with van der Waals surface area (Å²) in [5.74, 6) is -4.11. The quantitative estimate of drug-likeness (QED) is 0.145. The minimum atomic E-state index is -5.14. The van der Waals surface area contributed by atoms with E-state index in [1.54, 1.807) is 30.3 Å². The normalized spacial score (nSPS) is 12.1. The van der Waals surface area contributed by atoms with E-state index in [-0.39, 0.29) is 29.8 Å². The molecule has 0 radical (unpaired) electrons. The predicted octanol–water partition coefficient (Wildman–Crippen LogP) is 9.49. The van der Waals surface area contributed by atoms with Gasteiger partial charge in [-0.1, -0.05) is 54.6 Å². The van der Waals surface area contributed by atoms with Crippen molar-refractivity contribution in [2.24, 2.45) is 0 Å². The smallest absolute Gasteiger partial charge is 0.207 e. The molecule has 204 valence electrons. The molecular weight excluding hydrogens is 517 g/mol. The van der Waals surface area contributed by atoms with E-state index in [1.807, 2.05) is 37.3 Å². The second-order valence-corrected chi connectivity index (χ2v) is 9.56. The van der Waals surface area contributed by atoms with Crippen LogP contribution in [0.5, 0.6) is 0 Å². The van der Waals surface area contributed by atoms with Gasteiger partial charge in [0.2, 0.25) is 0 Å². The highest BCUT2D eigenvalue weighted by Crippen LogP contribution is 2.34. The lowest BCUT2D eigenvalue weighted by Gasteiger charge is -2.12. The number of rotatable bonds is 9. The molecule has 0 nitrogen and oxygen atoms in total. The number of aryl methyl sites for hydroxylation is 5. The highest BCUT2D eigenvalue weighted by Gasteiger charge is 2.37. The molecule has 0 aromatic heterocycles. The lowest BCUT2D eigenvalue weighted by molar-refractivity contribution is -0.142. The maximum Gasteiger partial charge on any atom is 0.422 e. The maximum atomic E-state index is 15.2. The summed E-state index contributed by atoms with van der Waals surface area (Å²) in [6, 6.07) is 15.1. The van der Waals surface area contributed by atoms with Crippen LogP contribution in [0.15, 0.2) is 72.8 Å². The van der Waals surface area contributed by atoms with Crippen molar-refractivity contribution in [3.05, 3.63) is 129 Å². The molecule has 4 rings (SSSR count). The molecule has 0 bridgehead atoms. The summed E-state index contributed by atoms with van der Waals surface area (Å²) in [5, 5.41) is 1.01. The Hall–Kier alpha value is -3.61. The molecule has 0 aliphatic carbocycles. The molecule has 0 saturated carbocycles. The van der Waals surface area contributed by atoms with Gasteiger partial charge < -0.3 is 0 Å². The number of benzene rings is 4. The largest absolute Gasteiger partial charge is 0.422 e. The molecule has 0 spiro atoms. The molecule has 0 amide bonds. The van der Waals surface area contributed by atoms with E-state index in [1.165, 1.54) is 0 Å². The number of hydrogen-bond acceptors (Lipinski definition) is 0. The second-order valence-electron chi connectivity index (χ2n) is 9.56. The Morgan fingerprint density at radius 3 is 1.87 bits per heavy atom. The van der Waals surface area contributed by atoms with E-state index in [9.17, 15) is 26.3 Å². The van der Waals surface area contributed by atoms with Gasteiger partial charge in [0.1, 0.15) is 28.8 Å². The highest BCUT2D eigenvalue weighted by atomic mass is 19.4. The van der Waals surface area contributed by atoms with Crippen LogP contribution in [-0.2, 0) is 38.3 Å². The Morgan fingerprint density at radius 2 is 1.21 bits per heavy atom. The van der Waals surface area contributed by atoms with Crippen LogP contribution in [0.1, 0.15) is 46.7 Å². The molecule has 4 aromatic carbocycles. The van der Waals surface area contributed by atoms with Crippen LogP contribution in [0.4, 0.5) is 30.7 Å². The molecule has 39 heavy (non-hydrogen) atoms. The fraction of sp³-hybridized carbons (Fsp3) is 0.250. The standard InChI is InChI=1S/C32H27F7/c1-2-3-4-5-20-6-10-23(27(33)17-20)11-7-21-9-15-26-25(16-21)14-13-24(31(26)36)12-8-22-18-28(34)30(29(35)19-22)32(37,38)39/h2-3,6,9-10,13-19H,4-5,7-8,11-12H2,1H3/b3-2+. The van der Waals surface area contributed by atoms with Crippen LogP contribution in [0, 0.1) is 23.3 Å². The summed E-state index contributed by atoms with van der Waals surface area (Å²) in [6.45, 7) is 1.95. The second kappa shape index (κ2) is 12.1. The Kier molecular flexibility index (Phi) is 8.78. The van der Waals surface area contributed by atoms with Gasteiger partial charge in [-0.05, 0) is 96.9 Å². The number of alkyl halides is 3. The SMILES string of the molecule is C/C=C/CCc1ccc(CCc2ccc3c(F)c(CCc4cc(F)c(C(F)(F)F)c(F)c4)ccc3c2)c(F)c1. The van der Waals surface area contributed by atoms with Gasteiger partial charge in [-0.2, -0.15) is 13.2 Å². The minimum absolute atomic E-state index is 0.00547. The van der Waals surface area contributed by atoms with Gasteiger partial charge in [-0.15, -0.1) is 0 Å². The van der Waals surface area contributed by atoms with Gasteiger partial charge in [0.25, 0.3) is 0 Å². The van der Waals surface area contributed by atoms with E-state index < -0.39 is 29.2 Å². The number of hydrogen-bond donors (Lipinski definition) is 0. The third kappa shape index (κ3) is 6.88. The van der Waals surface area contributed by atoms with E-state index in [0.29, 0.717) is 41.3 Å². The van der Waals surface area contributed by atoms with Crippen molar-refractivity contribution in [3.8, 4) is 0 Å². The Labute approximate surface area is 222 Å². The van der Waals surface area contributed by atoms with Crippen LogP contribution in [0.25, 0.3) is 10.8 Å². The topological polar surface area (TPSA) is 0 Å². The summed E-state index contributed by atoms with van der Waals surface area (Å²) in [4.78, 5) is 0. The zero-order valence-corrected chi connectivity index (χ0v) is 21.3. The van der Waals surface area contributed by atoms with Crippen molar-refractivity contribution in [2.75, 3.05) is 0 Å². The maximum absolute atomic E-state index is 15.2. The molecule has 0 aliphatic heterocycles. The Bertz CT molecular complexity index is 1480. The predicted molar refractivity (Wildman–Crippen MR) is 140 cm³/mol. The van der Waals surface area contributed by atoms with Crippen LogP contribution in [0.3, 0.4) is 0 Å². The first kappa shape index (κ1) is 28.4. The van der Waals surface area contributed by atoms with Crippen molar-refractivity contribution < 1.29 is 30.7 Å². The van der Waals surface area contributed by atoms with Gasteiger partial charge in [0.05, 0.1) is 0 Å². The average molecular weight is 545 g/mol. The molecule has 0 heterocycles.